The van der Waals surface area contributed by atoms with Crippen LogP contribution in [0.2, 0.25) is 0 Å². The lowest BCUT2D eigenvalue weighted by molar-refractivity contribution is 0.0348. The summed E-state index contributed by atoms with van der Waals surface area (Å²) in [5, 5.41) is 3.19. The molecule has 3 heteroatoms. The Morgan fingerprint density at radius 2 is 1.71 bits per heavy atom. The van der Waals surface area contributed by atoms with E-state index in [1.54, 1.807) is 7.11 Å². The van der Waals surface area contributed by atoms with Crippen LogP contribution in [0.4, 0.5) is 0 Å². The smallest absolute Gasteiger partial charge is 0.131 e. The largest absolute Gasteiger partial charge is 0.497 e. The third-order valence-corrected chi connectivity index (χ3v) is 2.42. The molecule has 2 rings (SSSR count). The van der Waals surface area contributed by atoms with Crippen molar-refractivity contribution in [2.24, 2.45) is 0 Å². The molecule has 1 aromatic carbocycles. The summed E-state index contributed by atoms with van der Waals surface area (Å²) in [7, 11) is 1.66. The maximum atomic E-state index is 5.82. The minimum Gasteiger partial charge on any atom is -0.497 e. The number of methoxy groups -OCH3 is 1. The Hall–Kier alpha value is -1.22. The molecule has 1 N–H and O–H groups in total. The number of ether oxygens (including phenoxy) is 2. The second-order valence-electron chi connectivity index (χ2n) is 3.83. The van der Waals surface area contributed by atoms with Gasteiger partial charge in [-0.05, 0) is 31.2 Å². The fourth-order valence-electron chi connectivity index (χ4n) is 1.48. The van der Waals surface area contributed by atoms with E-state index in [0.29, 0.717) is 0 Å². The van der Waals surface area contributed by atoms with E-state index >= 15 is 0 Å². The van der Waals surface area contributed by atoms with Crippen LogP contribution in [0.5, 0.6) is 11.5 Å². The van der Waals surface area contributed by atoms with Gasteiger partial charge in [-0.2, -0.15) is 0 Å². The predicted molar refractivity (Wildman–Crippen MR) is 54.9 cm³/mol. The number of rotatable bonds is 3. The fourth-order valence-corrected chi connectivity index (χ4v) is 1.48. The molecule has 0 spiro atoms. The Balaban J connectivity index is 2.02. The molecule has 0 unspecified atom stereocenters. The minimum absolute atomic E-state index is 0.0331. The standard InChI is InChI=1S/C11H15NO2/c1-11(7-12-8-11)14-10-5-3-9(13-2)4-6-10/h3-6,12H,7-8H2,1-2H3. The molecule has 3 nitrogen and oxygen atoms in total. The van der Waals surface area contributed by atoms with Crippen molar-refractivity contribution in [1.82, 2.24) is 5.32 Å². The van der Waals surface area contributed by atoms with Crippen molar-refractivity contribution < 1.29 is 9.47 Å². The van der Waals surface area contributed by atoms with Gasteiger partial charge in [0.25, 0.3) is 0 Å². The number of benzene rings is 1. The molecular weight excluding hydrogens is 178 g/mol. The normalized spacial score (nSPS) is 18.4. The highest BCUT2D eigenvalue weighted by atomic mass is 16.5. The highest BCUT2D eigenvalue weighted by molar-refractivity contribution is 5.31. The van der Waals surface area contributed by atoms with Crippen LogP contribution in [0.3, 0.4) is 0 Å². The van der Waals surface area contributed by atoms with Crippen LogP contribution in [0.1, 0.15) is 6.92 Å². The first-order valence-electron chi connectivity index (χ1n) is 4.76. The summed E-state index contributed by atoms with van der Waals surface area (Å²) < 4.78 is 10.9. The van der Waals surface area contributed by atoms with Gasteiger partial charge in [0, 0.05) is 13.1 Å². The lowest BCUT2D eigenvalue weighted by Crippen LogP contribution is -2.60. The quantitative estimate of drug-likeness (QED) is 0.787. The van der Waals surface area contributed by atoms with Gasteiger partial charge in [-0.15, -0.1) is 0 Å². The van der Waals surface area contributed by atoms with Crippen molar-refractivity contribution in [3.8, 4) is 11.5 Å². The third kappa shape index (κ3) is 1.82. The van der Waals surface area contributed by atoms with E-state index in [9.17, 15) is 0 Å². The third-order valence-electron chi connectivity index (χ3n) is 2.42. The molecule has 0 saturated carbocycles. The topological polar surface area (TPSA) is 30.5 Å². The van der Waals surface area contributed by atoms with Gasteiger partial charge >= 0.3 is 0 Å². The van der Waals surface area contributed by atoms with E-state index in [-0.39, 0.29) is 5.60 Å². The van der Waals surface area contributed by atoms with Crippen LogP contribution < -0.4 is 14.8 Å². The van der Waals surface area contributed by atoms with Crippen molar-refractivity contribution in [3.63, 3.8) is 0 Å². The van der Waals surface area contributed by atoms with E-state index < -0.39 is 0 Å². The molecule has 76 valence electrons. The molecule has 1 aliphatic heterocycles. The van der Waals surface area contributed by atoms with Crippen LogP contribution in [0.15, 0.2) is 24.3 Å². The zero-order valence-electron chi connectivity index (χ0n) is 8.54. The van der Waals surface area contributed by atoms with Crippen molar-refractivity contribution in [2.45, 2.75) is 12.5 Å². The van der Waals surface area contributed by atoms with Crippen LogP contribution in [-0.2, 0) is 0 Å². The lowest BCUT2D eigenvalue weighted by Gasteiger charge is -2.39. The van der Waals surface area contributed by atoms with Gasteiger partial charge in [0.1, 0.15) is 17.1 Å². The number of nitrogens with one attached hydrogen (secondary N) is 1. The van der Waals surface area contributed by atoms with Crippen molar-refractivity contribution in [3.05, 3.63) is 24.3 Å². The second-order valence-corrected chi connectivity index (χ2v) is 3.83. The fraction of sp³-hybridized carbons (Fsp3) is 0.455. The van der Waals surface area contributed by atoms with E-state index in [1.807, 2.05) is 24.3 Å². The summed E-state index contributed by atoms with van der Waals surface area (Å²) in [4.78, 5) is 0. The summed E-state index contributed by atoms with van der Waals surface area (Å²) in [6.07, 6.45) is 0. The van der Waals surface area contributed by atoms with Gasteiger partial charge in [0.15, 0.2) is 0 Å². The van der Waals surface area contributed by atoms with Gasteiger partial charge < -0.3 is 14.8 Å². The van der Waals surface area contributed by atoms with Gasteiger partial charge in [-0.25, -0.2) is 0 Å². The highest BCUT2D eigenvalue weighted by Crippen LogP contribution is 2.23. The maximum absolute atomic E-state index is 5.82. The molecular formula is C11H15NO2. The first kappa shape index (κ1) is 9.34. The zero-order valence-corrected chi connectivity index (χ0v) is 8.54. The molecule has 1 saturated heterocycles. The molecule has 14 heavy (non-hydrogen) atoms. The Bertz CT molecular complexity index is 304. The molecule has 1 aromatic rings. The molecule has 0 amide bonds. The van der Waals surface area contributed by atoms with Crippen molar-refractivity contribution in [1.29, 1.82) is 0 Å². The van der Waals surface area contributed by atoms with Crippen molar-refractivity contribution in [2.75, 3.05) is 20.2 Å². The summed E-state index contributed by atoms with van der Waals surface area (Å²) in [5.41, 5.74) is -0.0331. The molecule has 0 aliphatic carbocycles. The van der Waals surface area contributed by atoms with Crippen LogP contribution >= 0.6 is 0 Å². The van der Waals surface area contributed by atoms with Gasteiger partial charge in [0.2, 0.25) is 0 Å². The van der Waals surface area contributed by atoms with Crippen LogP contribution in [0.25, 0.3) is 0 Å². The second kappa shape index (κ2) is 3.50. The van der Waals surface area contributed by atoms with E-state index in [2.05, 4.69) is 12.2 Å². The highest BCUT2D eigenvalue weighted by Gasteiger charge is 2.33. The average Bonchev–Trinajstić information content (AvgIpc) is 2.17. The summed E-state index contributed by atoms with van der Waals surface area (Å²) in [6.45, 7) is 3.94. The lowest BCUT2D eigenvalue weighted by atomic mass is 10.00. The Morgan fingerprint density at radius 3 is 2.14 bits per heavy atom. The summed E-state index contributed by atoms with van der Waals surface area (Å²) >= 11 is 0. The monoisotopic (exact) mass is 193 g/mol. The Morgan fingerprint density at radius 1 is 1.14 bits per heavy atom. The van der Waals surface area contributed by atoms with E-state index in [4.69, 9.17) is 9.47 Å². The molecule has 1 heterocycles. The zero-order chi connectivity index (χ0) is 10.0. The van der Waals surface area contributed by atoms with Crippen molar-refractivity contribution >= 4 is 0 Å². The Labute approximate surface area is 84.0 Å². The molecule has 0 bridgehead atoms. The summed E-state index contributed by atoms with van der Waals surface area (Å²) in [6, 6.07) is 7.68. The van der Waals surface area contributed by atoms with Gasteiger partial charge in [0.05, 0.1) is 7.11 Å². The summed E-state index contributed by atoms with van der Waals surface area (Å²) in [5.74, 6) is 1.75. The predicted octanol–water partition coefficient (Wildman–Crippen LogP) is 1.44. The van der Waals surface area contributed by atoms with Crippen LogP contribution in [0, 0.1) is 0 Å². The minimum atomic E-state index is -0.0331. The molecule has 0 radical (unpaired) electrons. The van der Waals surface area contributed by atoms with Crippen LogP contribution in [-0.4, -0.2) is 25.8 Å². The van der Waals surface area contributed by atoms with E-state index in [1.165, 1.54) is 0 Å². The number of hydrogen-bond donors (Lipinski definition) is 1. The SMILES string of the molecule is COc1ccc(OC2(C)CNC2)cc1. The maximum Gasteiger partial charge on any atom is 0.131 e. The first-order valence-corrected chi connectivity index (χ1v) is 4.76. The Kier molecular flexibility index (Phi) is 2.33. The molecule has 0 aromatic heterocycles. The van der Waals surface area contributed by atoms with E-state index in [0.717, 1.165) is 24.6 Å². The molecule has 1 aliphatic rings. The van der Waals surface area contributed by atoms with Gasteiger partial charge in [-0.1, -0.05) is 0 Å². The molecule has 0 atom stereocenters. The number of hydrogen-bond acceptors (Lipinski definition) is 3. The first-order chi connectivity index (χ1) is 6.72. The molecule has 1 fully saturated rings. The average molecular weight is 193 g/mol. The van der Waals surface area contributed by atoms with Gasteiger partial charge in [-0.3, -0.25) is 0 Å².